The molecule has 1 amide bonds. The summed E-state index contributed by atoms with van der Waals surface area (Å²) < 4.78 is 7.49. The molecule has 0 saturated carbocycles. The van der Waals surface area contributed by atoms with Crippen LogP contribution in [0.1, 0.15) is 29.7 Å². The number of amides is 1. The summed E-state index contributed by atoms with van der Waals surface area (Å²) in [6.07, 6.45) is 4.30. The fourth-order valence-corrected chi connectivity index (χ4v) is 2.71. The zero-order valence-electron chi connectivity index (χ0n) is 12.8. The third-order valence-corrected chi connectivity index (χ3v) is 4.32. The lowest BCUT2D eigenvalue weighted by molar-refractivity contribution is 0.0916. The van der Waals surface area contributed by atoms with Gasteiger partial charge in [0.2, 0.25) is 0 Å². The van der Waals surface area contributed by atoms with Crippen LogP contribution < -0.4 is 5.32 Å². The zero-order valence-corrected chi connectivity index (χ0v) is 13.6. The van der Waals surface area contributed by atoms with Gasteiger partial charge in [-0.25, -0.2) is 4.98 Å². The van der Waals surface area contributed by atoms with E-state index in [2.05, 4.69) is 10.3 Å². The molecular formula is C15H21N3O3S. The fourth-order valence-electron chi connectivity index (χ4n) is 1.88. The van der Waals surface area contributed by atoms with Crippen molar-refractivity contribution in [2.75, 3.05) is 13.2 Å². The van der Waals surface area contributed by atoms with Crippen LogP contribution in [0, 0.1) is 5.92 Å². The summed E-state index contributed by atoms with van der Waals surface area (Å²) >= 11 is 1.56. The van der Waals surface area contributed by atoms with E-state index in [0.717, 1.165) is 10.9 Å². The summed E-state index contributed by atoms with van der Waals surface area (Å²) in [5.41, 5.74) is 0. The van der Waals surface area contributed by atoms with E-state index < -0.39 is 0 Å². The first kappa shape index (κ1) is 16.6. The first-order valence-electron chi connectivity index (χ1n) is 7.18. The van der Waals surface area contributed by atoms with E-state index in [1.165, 1.54) is 0 Å². The molecule has 22 heavy (non-hydrogen) atoms. The van der Waals surface area contributed by atoms with E-state index in [4.69, 9.17) is 9.52 Å². The number of carbonyl (C=O) groups is 1. The Kier molecular flexibility index (Phi) is 6.09. The van der Waals surface area contributed by atoms with Crippen molar-refractivity contribution in [1.82, 2.24) is 14.9 Å². The van der Waals surface area contributed by atoms with Crippen molar-refractivity contribution in [1.29, 1.82) is 0 Å². The molecule has 2 N–H and O–H groups in total. The quantitative estimate of drug-likeness (QED) is 0.727. The number of carbonyl (C=O) groups excluding carboxylic acids is 1. The highest BCUT2D eigenvalue weighted by Crippen LogP contribution is 2.21. The maximum Gasteiger partial charge on any atom is 0.287 e. The number of furan rings is 1. The van der Waals surface area contributed by atoms with Crippen molar-refractivity contribution < 1.29 is 14.3 Å². The van der Waals surface area contributed by atoms with Gasteiger partial charge < -0.3 is 19.4 Å². The van der Waals surface area contributed by atoms with Crippen LogP contribution in [0.15, 0.2) is 34.1 Å². The number of aliphatic hydroxyl groups is 1. The standard InChI is InChI=1S/C15H21N3O3S/c1-11(5-8-19)9-17-14(20)13-4-3-12(21-13)10-22-15-16-6-7-18(15)2/h3-4,6-7,11,19H,5,8-10H2,1-2H3,(H,17,20). The number of aryl methyl sites for hydroxylation is 1. The molecule has 2 heterocycles. The third-order valence-electron chi connectivity index (χ3n) is 3.24. The zero-order chi connectivity index (χ0) is 15.9. The second-order valence-electron chi connectivity index (χ2n) is 5.20. The predicted molar refractivity (Wildman–Crippen MR) is 84.7 cm³/mol. The van der Waals surface area contributed by atoms with Gasteiger partial charge in [0.25, 0.3) is 5.91 Å². The first-order valence-corrected chi connectivity index (χ1v) is 8.16. The molecule has 0 aliphatic carbocycles. The summed E-state index contributed by atoms with van der Waals surface area (Å²) in [7, 11) is 1.93. The molecule has 0 bridgehead atoms. The SMILES string of the molecule is CC(CCO)CNC(=O)c1ccc(CSc2nccn2C)o1. The van der Waals surface area contributed by atoms with Gasteiger partial charge in [0, 0.05) is 32.6 Å². The Bertz CT molecular complexity index is 609. The maximum atomic E-state index is 12.0. The predicted octanol–water partition coefficient (Wildman–Crippen LogP) is 2.05. The lowest BCUT2D eigenvalue weighted by Gasteiger charge is -2.09. The number of imidazole rings is 1. The highest BCUT2D eigenvalue weighted by atomic mass is 32.2. The van der Waals surface area contributed by atoms with Gasteiger partial charge >= 0.3 is 0 Å². The molecular weight excluding hydrogens is 302 g/mol. The van der Waals surface area contributed by atoms with Crippen molar-refractivity contribution in [3.8, 4) is 0 Å². The summed E-state index contributed by atoms with van der Waals surface area (Å²) in [5.74, 6) is 1.69. The highest BCUT2D eigenvalue weighted by molar-refractivity contribution is 7.98. The first-order chi connectivity index (χ1) is 10.6. The van der Waals surface area contributed by atoms with Crippen LogP contribution in [-0.4, -0.2) is 33.7 Å². The summed E-state index contributed by atoms with van der Waals surface area (Å²) in [6, 6.07) is 3.49. The van der Waals surface area contributed by atoms with E-state index in [1.54, 1.807) is 24.0 Å². The van der Waals surface area contributed by atoms with Crippen LogP contribution in [0.2, 0.25) is 0 Å². The van der Waals surface area contributed by atoms with Gasteiger partial charge in [-0.2, -0.15) is 0 Å². The van der Waals surface area contributed by atoms with E-state index in [0.29, 0.717) is 24.5 Å². The molecule has 0 aromatic carbocycles. The van der Waals surface area contributed by atoms with E-state index in [1.807, 2.05) is 30.8 Å². The Balaban J connectivity index is 1.83. The van der Waals surface area contributed by atoms with Crippen LogP contribution in [-0.2, 0) is 12.8 Å². The second-order valence-corrected chi connectivity index (χ2v) is 6.15. The van der Waals surface area contributed by atoms with Crippen LogP contribution in [0.25, 0.3) is 0 Å². The van der Waals surface area contributed by atoms with Gasteiger partial charge in [-0.3, -0.25) is 4.79 Å². The van der Waals surface area contributed by atoms with Crippen molar-refractivity contribution in [2.45, 2.75) is 24.3 Å². The molecule has 6 nitrogen and oxygen atoms in total. The van der Waals surface area contributed by atoms with Gasteiger partial charge in [0.05, 0.1) is 5.75 Å². The van der Waals surface area contributed by atoms with Gasteiger partial charge in [0.15, 0.2) is 10.9 Å². The molecule has 2 rings (SSSR count). The smallest absolute Gasteiger partial charge is 0.287 e. The van der Waals surface area contributed by atoms with E-state index >= 15 is 0 Å². The number of hydrogen-bond acceptors (Lipinski definition) is 5. The van der Waals surface area contributed by atoms with Crippen LogP contribution in [0.3, 0.4) is 0 Å². The third kappa shape index (κ3) is 4.64. The minimum Gasteiger partial charge on any atom is -0.455 e. The lowest BCUT2D eigenvalue weighted by Crippen LogP contribution is -2.28. The van der Waals surface area contributed by atoms with Crippen molar-refractivity contribution in [3.63, 3.8) is 0 Å². The van der Waals surface area contributed by atoms with Crippen LogP contribution in [0.4, 0.5) is 0 Å². The number of thioether (sulfide) groups is 1. The number of hydrogen-bond donors (Lipinski definition) is 2. The Morgan fingerprint density at radius 2 is 2.36 bits per heavy atom. The van der Waals surface area contributed by atoms with Crippen molar-refractivity contribution >= 4 is 17.7 Å². The van der Waals surface area contributed by atoms with Gasteiger partial charge in [-0.15, -0.1) is 0 Å². The summed E-state index contributed by atoms with van der Waals surface area (Å²) in [4.78, 5) is 16.2. The highest BCUT2D eigenvalue weighted by Gasteiger charge is 2.13. The minimum atomic E-state index is -0.224. The van der Waals surface area contributed by atoms with Gasteiger partial charge in [0.1, 0.15) is 5.76 Å². The fraction of sp³-hybridized carbons (Fsp3) is 0.467. The monoisotopic (exact) mass is 323 g/mol. The number of nitrogens with one attached hydrogen (secondary N) is 1. The van der Waals surface area contributed by atoms with Gasteiger partial charge in [-0.05, 0) is 24.5 Å². The molecule has 0 aliphatic rings. The van der Waals surface area contributed by atoms with E-state index in [9.17, 15) is 4.79 Å². The van der Waals surface area contributed by atoms with Crippen molar-refractivity contribution in [2.24, 2.45) is 13.0 Å². The lowest BCUT2D eigenvalue weighted by atomic mass is 10.1. The van der Waals surface area contributed by atoms with Gasteiger partial charge in [-0.1, -0.05) is 18.7 Å². The summed E-state index contributed by atoms with van der Waals surface area (Å²) in [6.45, 7) is 2.64. The molecule has 0 radical (unpaired) electrons. The molecule has 0 saturated heterocycles. The van der Waals surface area contributed by atoms with Crippen LogP contribution in [0.5, 0.6) is 0 Å². The molecule has 2 aromatic heterocycles. The number of nitrogens with zero attached hydrogens (tertiary/aromatic N) is 2. The normalized spacial score (nSPS) is 12.3. The molecule has 1 atom stereocenters. The number of aromatic nitrogens is 2. The molecule has 7 heteroatoms. The molecule has 120 valence electrons. The Morgan fingerprint density at radius 1 is 1.55 bits per heavy atom. The Labute approximate surface area is 133 Å². The molecule has 0 aliphatic heterocycles. The molecule has 0 spiro atoms. The molecule has 0 fully saturated rings. The van der Waals surface area contributed by atoms with Crippen LogP contribution >= 0.6 is 11.8 Å². The maximum absolute atomic E-state index is 12.0. The average Bonchev–Trinajstić information content (AvgIpc) is 3.12. The number of aliphatic hydroxyl groups excluding tert-OH is 1. The molecule has 2 aromatic rings. The Hall–Kier alpha value is -1.73. The summed E-state index contributed by atoms with van der Waals surface area (Å²) in [5, 5.41) is 12.6. The molecule has 1 unspecified atom stereocenters. The number of rotatable bonds is 8. The largest absolute Gasteiger partial charge is 0.455 e. The Morgan fingerprint density at radius 3 is 3.05 bits per heavy atom. The second kappa shape index (κ2) is 8.05. The minimum absolute atomic E-state index is 0.131. The average molecular weight is 323 g/mol. The van der Waals surface area contributed by atoms with Crippen molar-refractivity contribution in [3.05, 3.63) is 36.0 Å². The topological polar surface area (TPSA) is 80.3 Å². The van der Waals surface area contributed by atoms with E-state index in [-0.39, 0.29) is 18.4 Å².